The number of nitro groups is 1. The lowest BCUT2D eigenvalue weighted by molar-refractivity contribution is -0.385. The molecule has 8 heteroatoms. The summed E-state index contributed by atoms with van der Waals surface area (Å²) in [6.45, 7) is 0.0606. The number of rotatable bonds is 5. The predicted molar refractivity (Wildman–Crippen MR) is 91.0 cm³/mol. The van der Waals surface area contributed by atoms with Crippen molar-refractivity contribution in [1.82, 2.24) is 19.7 Å². The molecule has 0 aliphatic rings. The third kappa shape index (κ3) is 2.92. The Morgan fingerprint density at radius 3 is 2.76 bits per heavy atom. The van der Waals surface area contributed by atoms with Crippen molar-refractivity contribution in [3.05, 3.63) is 71.0 Å². The van der Waals surface area contributed by atoms with Gasteiger partial charge in [0.05, 0.1) is 21.5 Å². The average molecular weight is 335 g/mol. The Morgan fingerprint density at radius 2 is 1.96 bits per heavy atom. The molecule has 0 saturated heterocycles. The van der Waals surface area contributed by atoms with Gasteiger partial charge in [0.15, 0.2) is 6.73 Å². The highest BCUT2D eigenvalue weighted by molar-refractivity contribution is 5.80. The van der Waals surface area contributed by atoms with E-state index in [1.807, 2.05) is 48.5 Å². The molecular weight excluding hydrogens is 322 g/mol. The maximum atomic E-state index is 10.7. The van der Waals surface area contributed by atoms with Crippen molar-refractivity contribution >= 4 is 16.7 Å². The first-order valence-corrected chi connectivity index (χ1v) is 7.54. The summed E-state index contributed by atoms with van der Waals surface area (Å²) in [5.74, 6) is 1.31. The van der Waals surface area contributed by atoms with E-state index in [4.69, 9.17) is 4.74 Å². The monoisotopic (exact) mass is 335 g/mol. The molecule has 0 bridgehead atoms. The van der Waals surface area contributed by atoms with Gasteiger partial charge in [0, 0.05) is 0 Å². The van der Waals surface area contributed by atoms with Crippen molar-refractivity contribution in [1.29, 1.82) is 0 Å². The fourth-order valence-electron chi connectivity index (χ4n) is 2.52. The number of H-pyrrole nitrogens is 1. The van der Waals surface area contributed by atoms with Crippen molar-refractivity contribution in [2.45, 2.75) is 6.73 Å². The van der Waals surface area contributed by atoms with Crippen LogP contribution in [0.25, 0.3) is 22.4 Å². The SMILES string of the molecule is O=[N+]([O-])c1cnn(COc2ccccc2-c2nc3ccccc3[nH]2)c1. The second-order valence-electron chi connectivity index (χ2n) is 5.37. The van der Waals surface area contributed by atoms with Gasteiger partial charge in [-0.15, -0.1) is 0 Å². The third-order valence-electron chi connectivity index (χ3n) is 3.71. The normalized spacial score (nSPS) is 10.9. The van der Waals surface area contributed by atoms with E-state index >= 15 is 0 Å². The number of nitrogens with one attached hydrogen (secondary N) is 1. The summed E-state index contributed by atoms with van der Waals surface area (Å²) in [6.07, 6.45) is 2.51. The first-order chi connectivity index (χ1) is 12.2. The minimum Gasteiger partial charge on any atom is -0.470 e. The van der Waals surface area contributed by atoms with Gasteiger partial charge in [-0.3, -0.25) is 10.1 Å². The van der Waals surface area contributed by atoms with Crippen LogP contribution >= 0.6 is 0 Å². The van der Waals surface area contributed by atoms with Gasteiger partial charge >= 0.3 is 5.69 Å². The Balaban J connectivity index is 1.61. The van der Waals surface area contributed by atoms with Gasteiger partial charge in [-0.25, -0.2) is 9.67 Å². The molecule has 0 radical (unpaired) electrons. The van der Waals surface area contributed by atoms with Crippen LogP contribution in [0.15, 0.2) is 60.9 Å². The lowest BCUT2D eigenvalue weighted by atomic mass is 10.2. The van der Waals surface area contributed by atoms with E-state index in [0.29, 0.717) is 11.6 Å². The molecule has 0 amide bonds. The molecule has 1 N–H and O–H groups in total. The van der Waals surface area contributed by atoms with Crippen molar-refractivity contribution in [2.24, 2.45) is 0 Å². The minimum absolute atomic E-state index is 0.0606. The van der Waals surface area contributed by atoms with E-state index in [9.17, 15) is 10.1 Å². The fourth-order valence-corrected chi connectivity index (χ4v) is 2.52. The van der Waals surface area contributed by atoms with E-state index in [2.05, 4.69) is 15.1 Å². The molecule has 0 aliphatic carbocycles. The summed E-state index contributed by atoms with van der Waals surface area (Å²) in [5.41, 5.74) is 2.54. The molecule has 0 aliphatic heterocycles. The summed E-state index contributed by atoms with van der Waals surface area (Å²) in [5, 5.41) is 14.6. The molecule has 2 aromatic carbocycles. The summed E-state index contributed by atoms with van der Waals surface area (Å²) >= 11 is 0. The van der Waals surface area contributed by atoms with E-state index < -0.39 is 4.92 Å². The topological polar surface area (TPSA) is 98.9 Å². The van der Waals surface area contributed by atoms with Gasteiger partial charge in [0.25, 0.3) is 0 Å². The molecule has 8 nitrogen and oxygen atoms in total. The van der Waals surface area contributed by atoms with Gasteiger partial charge in [-0.05, 0) is 24.3 Å². The van der Waals surface area contributed by atoms with Gasteiger partial charge in [-0.2, -0.15) is 5.10 Å². The van der Waals surface area contributed by atoms with Crippen molar-refractivity contribution < 1.29 is 9.66 Å². The Labute approximate surface area is 141 Å². The van der Waals surface area contributed by atoms with Crippen LogP contribution in [0.4, 0.5) is 5.69 Å². The molecule has 2 heterocycles. The van der Waals surface area contributed by atoms with Crippen LogP contribution in [-0.4, -0.2) is 24.7 Å². The predicted octanol–water partition coefficient (Wildman–Crippen LogP) is 3.37. The van der Waals surface area contributed by atoms with E-state index in [-0.39, 0.29) is 12.4 Å². The molecule has 4 aromatic rings. The number of hydrogen-bond acceptors (Lipinski definition) is 5. The number of ether oxygens (including phenoxy) is 1. The van der Waals surface area contributed by atoms with E-state index in [1.165, 1.54) is 17.1 Å². The third-order valence-corrected chi connectivity index (χ3v) is 3.71. The number of para-hydroxylation sites is 3. The van der Waals surface area contributed by atoms with E-state index in [1.54, 1.807) is 0 Å². The quantitative estimate of drug-likeness (QED) is 0.445. The van der Waals surface area contributed by atoms with Crippen LogP contribution < -0.4 is 4.74 Å². The zero-order chi connectivity index (χ0) is 17.2. The zero-order valence-corrected chi connectivity index (χ0v) is 13.0. The van der Waals surface area contributed by atoms with E-state index in [0.717, 1.165) is 16.6 Å². The van der Waals surface area contributed by atoms with Gasteiger partial charge in [0.1, 0.15) is 24.0 Å². The number of imidazole rings is 1. The lowest BCUT2D eigenvalue weighted by Crippen LogP contribution is -2.06. The summed E-state index contributed by atoms with van der Waals surface area (Å²) in [7, 11) is 0. The highest BCUT2D eigenvalue weighted by Gasteiger charge is 2.12. The van der Waals surface area contributed by atoms with Crippen LogP contribution in [-0.2, 0) is 6.73 Å². The van der Waals surface area contributed by atoms with Crippen molar-refractivity contribution in [2.75, 3.05) is 0 Å². The first-order valence-electron chi connectivity index (χ1n) is 7.54. The highest BCUT2D eigenvalue weighted by atomic mass is 16.6. The maximum Gasteiger partial charge on any atom is 0.307 e. The van der Waals surface area contributed by atoms with Gasteiger partial charge in [0.2, 0.25) is 0 Å². The van der Waals surface area contributed by atoms with Gasteiger partial charge in [-0.1, -0.05) is 24.3 Å². The summed E-state index contributed by atoms with van der Waals surface area (Å²) < 4.78 is 7.15. The molecule has 0 saturated carbocycles. The number of aromatic nitrogens is 4. The smallest absolute Gasteiger partial charge is 0.307 e. The molecule has 124 valence electrons. The Morgan fingerprint density at radius 1 is 1.16 bits per heavy atom. The number of aromatic amines is 1. The Bertz CT molecular complexity index is 1020. The largest absolute Gasteiger partial charge is 0.470 e. The Kier molecular flexibility index (Phi) is 3.62. The number of fused-ring (bicyclic) bond motifs is 1. The number of nitrogens with zero attached hydrogens (tertiary/aromatic N) is 4. The van der Waals surface area contributed by atoms with Crippen LogP contribution in [0, 0.1) is 10.1 Å². The van der Waals surface area contributed by atoms with Crippen LogP contribution in [0.2, 0.25) is 0 Å². The molecular formula is C17H13N5O3. The zero-order valence-electron chi connectivity index (χ0n) is 13.0. The number of hydrogen-bond donors (Lipinski definition) is 1. The van der Waals surface area contributed by atoms with Crippen molar-refractivity contribution in [3.63, 3.8) is 0 Å². The minimum atomic E-state index is -0.494. The van der Waals surface area contributed by atoms with Crippen LogP contribution in [0.5, 0.6) is 5.75 Å². The standard InChI is InChI=1S/C17H13N5O3/c23-22(24)12-9-18-21(10-12)11-25-16-8-4-1-5-13(16)17-19-14-6-2-3-7-15(14)20-17/h1-10H,11H2,(H,19,20). The summed E-state index contributed by atoms with van der Waals surface area (Å²) in [6, 6.07) is 15.2. The van der Waals surface area contributed by atoms with Gasteiger partial charge < -0.3 is 9.72 Å². The fraction of sp³-hybridized carbons (Fsp3) is 0.0588. The molecule has 2 aromatic heterocycles. The summed E-state index contributed by atoms with van der Waals surface area (Å²) in [4.78, 5) is 18.1. The molecule has 25 heavy (non-hydrogen) atoms. The molecule has 4 rings (SSSR count). The number of benzene rings is 2. The van der Waals surface area contributed by atoms with Crippen molar-refractivity contribution in [3.8, 4) is 17.1 Å². The average Bonchev–Trinajstić information content (AvgIpc) is 3.27. The lowest BCUT2D eigenvalue weighted by Gasteiger charge is -2.09. The second-order valence-corrected chi connectivity index (χ2v) is 5.37. The highest BCUT2D eigenvalue weighted by Crippen LogP contribution is 2.29. The molecule has 0 atom stereocenters. The molecule has 0 spiro atoms. The second kappa shape index (κ2) is 6.08. The first kappa shape index (κ1) is 14.9. The van der Waals surface area contributed by atoms with Crippen LogP contribution in [0.3, 0.4) is 0 Å². The van der Waals surface area contributed by atoms with Crippen LogP contribution in [0.1, 0.15) is 0 Å². The maximum absolute atomic E-state index is 10.7. The molecule has 0 fully saturated rings. The Hall–Kier alpha value is -3.68. The molecule has 0 unspecified atom stereocenters.